The van der Waals surface area contributed by atoms with Crippen molar-refractivity contribution in [3.05, 3.63) is 35.6 Å². The first-order valence-corrected chi connectivity index (χ1v) is 5.72. The zero-order chi connectivity index (χ0) is 9.84. The molecule has 0 nitrogen and oxygen atoms in total. The predicted octanol–water partition coefficient (Wildman–Crippen LogP) is 3.02. The maximum atomic E-state index is 12.5. The monoisotopic (exact) mass is 204 g/mol. The van der Waals surface area contributed by atoms with E-state index in [9.17, 15) is 12.6 Å². The van der Waals surface area contributed by atoms with Crippen molar-refractivity contribution in [2.75, 3.05) is 0 Å². The van der Waals surface area contributed by atoms with Gasteiger partial charge in [-0.05, 0) is 24.1 Å². The summed E-state index contributed by atoms with van der Waals surface area (Å²) in [6, 6.07) is 5.36. The standard InChI is InChI=1S/C9H11F3Si/c1-2-9(13(11)12)7-3-5-8(10)6-4-7/h3-6,9,13H,2H2,1H3. The van der Waals surface area contributed by atoms with E-state index in [1.54, 1.807) is 6.92 Å². The van der Waals surface area contributed by atoms with Crippen LogP contribution in [0, 0.1) is 5.82 Å². The fourth-order valence-corrected chi connectivity index (χ4v) is 2.14. The van der Waals surface area contributed by atoms with Gasteiger partial charge in [0.1, 0.15) is 5.82 Å². The van der Waals surface area contributed by atoms with Gasteiger partial charge in [0.25, 0.3) is 0 Å². The number of hydrogen-bond acceptors (Lipinski definition) is 0. The number of rotatable bonds is 3. The summed E-state index contributed by atoms with van der Waals surface area (Å²) in [5, 5.41) is 0. The fraction of sp³-hybridized carbons (Fsp3) is 0.333. The minimum absolute atomic E-state index is 0.380. The molecule has 1 atom stereocenters. The van der Waals surface area contributed by atoms with Gasteiger partial charge in [0.2, 0.25) is 0 Å². The minimum atomic E-state index is -3.65. The second-order valence-corrected chi connectivity index (χ2v) is 4.37. The summed E-state index contributed by atoms with van der Waals surface area (Å²) in [5.41, 5.74) is -0.0776. The Kier molecular flexibility index (Phi) is 3.54. The molecule has 0 amide bonds. The molecule has 0 aliphatic carbocycles. The third-order valence-electron chi connectivity index (χ3n) is 2.04. The third-order valence-corrected chi connectivity index (χ3v) is 3.51. The largest absolute Gasteiger partial charge is 0.418 e. The quantitative estimate of drug-likeness (QED) is 0.524. The normalized spacial score (nSPS) is 13.3. The Labute approximate surface area is 77.3 Å². The highest BCUT2D eigenvalue weighted by Gasteiger charge is 2.23. The van der Waals surface area contributed by atoms with Gasteiger partial charge >= 0.3 is 9.46 Å². The van der Waals surface area contributed by atoms with E-state index in [1.165, 1.54) is 24.3 Å². The average molecular weight is 204 g/mol. The number of halogens is 3. The van der Waals surface area contributed by atoms with Crippen LogP contribution in [0.15, 0.2) is 24.3 Å². The van der Waals surface area contributed by atoms with Gasteiger partial charge in [0.05, 0.1) is 0 Å². The lowest BCUT2D eigenvalue weighted by molar-refractivity contribution is 0.599. The van der Waals surface area contributed by atoms with E-state index in [1.807, 2.05) is 0 Å². The fourth-order valence-electron chi connectivity index (χ4n) is 1.27. The van der Waals surface area contributed by atoms with Crippen LogP contribution in [0.2, 0.25) is 0 Å². The minimum Gasteiger partial charge on any atom is -0.274 e. The van der Waals surface area contributed by atoms with Crippen molar-refractivity contribution < 1.29 is 12.6 Å². The topological polar surface area (TPSA) is 0 Å². The number of hydrogen-bond donors (Lipinski definition) is 0. The van der Waals surface area contributed by atoms with Crippen molar-refractivity contribution in [2.45, 2.75) is 18.9 Å². The average Bonchev–Trinajstić information content (AvgIpc) is 2.09. The summed E-state index contributed by atoms with van der Waals surface area (Å²) in [6.45, 7) is 1.73. The van der Waals surface area contributed by atoms with Crippen molar-refractivity contribution in [2.24, 2.45) is 0 Å². The van der Waals surface area contributed by atoms with E-state index in [0.717, 1.165) is 0 Å². The molecule has 0 saturated carbocycles. The van der Waals surface area contributed by atoms with Crippen molar-refractivity contribution in [3.63, 3.8) is 0 Å². The van der Waals surface area contributed by atoms with Gasteiger partial charge < -0.3 is 0 Å². The number of benzene rings is 1. The first kappa shape index (κ1) is 10.3. The van der Waals surface area contributed by atoms with E-state index >= 15 is 0 Å². The van der Waals surface area contributed by atoms with Crippen molar-refractivity contribution in [3.8, 4) is 0 Å². The van der Waals surface area contributed by atoms with Gasteiger partial charge in [-0.15, -0.1) is 0 Å². The Morgan fingerprint density at radius 2 is 1.77 bits per heavy atom. The maximum Gasteiger partial charge on any atom is 0.418 e. The third kappa shape index (κ3) is 2.59. The summed E-state index contributed by atoms with van der Waals surface area (Å²) in [4.78, 5) is 0. The van der Waals surface area contributed by atoms with Crippen LogP contribution in [-0.4, -0.2) is 9.46 Å². The van der Waals surface area contributed by atoms with Crippen LogP contribution in [0.4, 0.5) is 12.6 Å². The highest BCUT2D eigenvalue weighted by Crippen LogP contribution is 2.23. The van der Waals surface area contributed by atoms with E-state index in [-0.39, 0.29) is 5.82 Å². The first-order chi connectivity index (χ1) is 6.15. The summed E-state index contributed by atoms with van der Waals surface area (Å²) >= 11 is 0. The van der Waals surface area contributed by atoms with Gasteiger partial charge in [-0.25, -0.2) is 4.39 Å². The lowest BCUT2D eigenvalue weighted by Gasteiger charge is -2.11. The SMILES string of the molecule is CCC(c1ccc(F)cc1)[SiH](F)F. The van der Waals surface area contributed by atoms with Gasteiger partial charge in [-0.2, -0.15) is 0 Å². The van der Waals surface area contributed by atoms with E-state index in [0.29, 0.717) is 12.0 Å². The molecule has 0 bridgehead atoms. The maximum absolute atomic E-state index is 12.5. The van der Waals surface area contributed by atoms with Crippen LogP contribution < -0.4 is 0 Å². The van der Waals surface area contributed by atoms with E-state index < -0.39 is 15.0 Å². The molecule has 0 aliphatic rings. The molecule has 0 aliphatic heterocycles. The molecule has 0 saturated heterocycles. The Hall–Kier alpha value is -0.773. The molecule has 1 aromatic rings. The van der Waals surface area contributed by atoms with Gasteiger partial charge in [-0.3, -0.25) is 8.22 Å². The molecule has 0 heterocycles. The molecule has 0 spiro atoms. The van der Waals surface area contributed by atoms with E-state index in [4.69, 9.17) is 0 Å². The zero-order valence-corrected chi connectivity index (χ0v) is 8.46. The molecule has 13 heavy (non-hydrogen) atoms. The smallest absolute Gasteiger partial charge is 0.274 e. The molecule has 4 heteroatoms. The van der Waals surface area contributed by atoms with Crippen molar-refractivity contribution in [1.82, 2.24) is 0 Å². The molecule has 1 aromatic carbocycles. The van der Waals surface area contributed by atoms with Crippen LogP contribution in [0.5, 0.6) is 0 Å². The molecule has 0 radical (unpaired) electrons. The molecular formula is C9H11F3Si. The molecule has 72 valence electrons. The Balaban J connectivity index is 2.86. The molecular weight excluding hydrogens is 193 g/mol. The van der Waals surface area contributed by atoms with Gasteiger partial charge in [0, 0.05) is 5.54 Å². The molecule has 0 fully saturated rings. The summed E-state index contributed by atoms with van der Waals surface area (Å²) in [6.07, 6.45) is 0.426. The second-order valence-electron chi connectivity index (χ2n) is 2.90. The van der Waals surface area contributed by atoms with Crippen molar-refractivity contribution >= 4 is 9.46 Å². The Morgan fingerprint density at radius 3 is 2.15 bits per heavy atom. The van der Waals surface area contributed by atoms with Gasteiger partial charge in [0.15, 0.2) is 0 Å². The Bertz CT molecular complexity index is 258. The van der Waals surface area contributed by atoms with Crippen LogP contribution >= 0.6 is 0 Å². The van der Waals surface area contributed by atoms with Crippen LogP contribution in [0.1, 0.15) is 24.4 Å². The highest BCUT2D eigenvalue weighted by molar-refractivity contribution is 6.44. The van der Waals surface area contributed by atoms with E-state index in [2.05, 4.69) is 0 Å². The van der Waals surface area contributed by atoms with Crippen LogP contribution in [-0.2, 0) is 0 Å². The first-order valence-electron chi connectivity index (χ1n) is 4.18. The summed E-state index contributed by atoms with van der Waals surface area (Å²) in [7, 11) is -3.65. The second kappa shape index (κ2) is 4.46. The molecule has 1 rings (SSSR count). The zero-order valence-electron chi connectivity index (χ0n) is 7.31. The summed E-state index contributed by atoms with van der Waals surface area (Å²) < 4.78 is 37.5. The Morgan fingerprint density at radius 1 is 1.23 bits per heavy atom. The lowest BCUT2D eigenvalue weighted by atomic mass is 10.1. The molecule has 0 N–H and O–H groups in total. The molecule has 1 unspecified atom stereocenters. The predicted molar refractivity (Wildman–Crippen MR) is 48.8 cm³/mol. The van der Waals surface area contributed by atoms with Crippen LogP contribution in [0.25, 0.3) is 0 Å². The summed E-state index contributed by atoms with van der Waals surface area (Å²) in [5.74, 6) is -0.380. The highest BCUT2D eigenvalue weighted by atomic mass is 28.4. The molecule has 0 aromatic heterocycles. The van der Waals surface area contributed by atoms with Crippen LogP contribution in [0.3, 0.4) is 0 Å². The van der Waals surface area contributed by atoms with Crippen molar-refractivity contribution in [1.29, 1.82) is 0 Å². The van der Waals surface area contributed by atoms with Gasteiger partial charge in [-0.1, -0.05) is 19.1 Å². The lowest BCUT2D eigenvalue weighted by Crippen LogP contribution is -2.12.